The summed E-state index contributed by atoms with van der Waals surface area (Å²) in [7, 11) is 1.42. The average Bonchev–Trinajstić information content (AvgIpc) is 3.59. The quantitative estimate of drug-likeness (QED) is 0.112. The molecule has 0 unspecified atom stereocenters. The molecule has 4 aromatic rings. The van der Waals surface area contributed by atoms with E-state index in [1.54, 1.807) is 49.4 Å². The van der Waals surface area contributed by atoms with Gasteiger partial charge in [0.2, 0.25) is 0 Å². The second-order valence-electron chi connectivity index (χ2n) is 10.6. The van der Waals surface area contributed by atoms with Crippen molar-refractivity contribution >= 4 is 35.0 Å². The molecule has 13 heteroatoms. The van der Waals surface area contributed by atoms with E-state index in [-0.39, 0.29) is 39.8 Å². The predicted octanol–water partition coefficient (Wildman–Crippen LogP) is 4.54. The number of carbonyl (C=O) groups is 2. The zero-order valence-electron chi connectivity index (χ0n) is 25.1. The lowest BCUT2D eigenvalue weighted by atomic mass is 9.95. The lowest BCUT2D eigenvalue weighted by Gasteiger charge is -2.25. The van der Waals surface area contributed by atoms with E-state index in [0.717, 1.165) is 11.3 Å². The largest absolute Gasteiger partial charge is 0.493 e. The summed E-state index contributed by atoms with van der Waals surface area (Å²) in [6.45, 7) is 6.95. The van der Waals surface area contributed by atoms with Crippen molar-refractivity contribution in [2.75, 3.05) is 13.7 Å². The molecule has 3 heterocycles. The number of esters is 2. The van der Waals surface area contributed by atoms with Crippen molar-refractivity contribution in [2.45, 2.75) is 33.7 Å². The van der Waals surface area contributed by atoms with Crippen LogP contribution in [0.4, 0.5) is 5.69 Å². The summed E-state index contributed by atoms with van der Waals surface area (Å²) in [6.07, 6.45) is 1.56. The van der Waals surface area contributed by atoms with E-state index in [2.05, 4.69) is 4.99 Å². The van der Waals surface area contributed by atoms with Crippen molar-refractivity contribution in [3.05, 3.63) is 107 Å². The number of allylic oxidation sites excluding steroid dienone is 1. The Morgan fingerprint density at radius 2 is 1.93 bits per heavy atom. The van der Waals surface area contributed by atoms with Gasteiger partial charge in [-0.15, -0.1) is 0 Å². The standard InChI is InChI=1S/C32H29N3O9S/c1-17(2)16-42-31(38)28-18(3)33-32-34(29(28)21-9-11-25(43-19(4)36)26(14-21)41-5)30(37)27(45-32)15-23-10-12-24(44-23)20-7-6-8-22(13-20)35(39)40/h6-15,17,29H,16H2,1-5H3/b27-15+/t29-/m0/s1. The van der Waals surface area contributed by atoms with Crippen molar-refractivity contribution in [2.24, 2.45) is 10.9 Å². The summed E-state index contributed by atoms with van der Waals surface area (Å²) in [5, 5.41) is 11.2. The summed E-state index contributed by atoms with van der Waals surface area (Å²) in [5.41, 5.74) is 1.08. The number of rotatable bonds is 9. The lowest BCUT2D eigenvalue weighted by Crippen LogP contribution is -2.40. The van der Waals surface area contributed by atoms with E-state index >= 15 is 0 Å². The predicted molar refractivity (Wildman–Crippen MR) is 165 cm³/mol. The van der Waals surface area contributed by atoms with Crippen LogP contribution in [0.2, 0.25) is 0 Å². The SMILES string of the molecule is COc1cc([C@H]2C(C(=O)OCC(C)C)=C(C)N=c3s/c(=C/c4ccc(-c5cccc([N+](=O)[O-])c5)o4)c(=O)n32)ccc1OC(C)=O. The number of ether oxygens (including phenoxy) is 3. The molecule has 1 aliphatic heterocycles. The molecule has 2 aromatic carbocycles. The molecule has 0 fully saturated rings. The van der Waals surface area contributed by atoms with E-state index in [4.69, 9.17) is 18.6 Å². The number of nitro benzene ring substituents is 1. The van der Waals surface area contributed by atoms with Gasteiger partial charge in [-0.3, -0.25) is 24.3 Å². The highest BCUT2D eigenvalue weighted by atomic mass is 32.1. The molecular formula is C32H29N3O9S. The Morgan fingerprint density at radius 3 is 2.62 bits per heavy atom. The highest BCUT2D eigenvalue weighted by molar-refractivity contribution is 7.07. The second kappa shape index (κ2) is 12.7. The first kappa shape index (κ1) is 31.1. The highest BCUT2D eigenvalue weighted by Crippen LogP contribution is 2.36. The van der Waals surface area contributed by atoms with Crippen molar-refractivity contribution in [3.63, 3.8) is 0 Å². The smallest absolute Gasteiger partial charge is 0.338 e. The number of hydrogen-bond donors (Lipinski definition) is 0. The fourth-order valence-corrected chi connectivity index (χ4v) is 5.83. The van der Waals surface area contributed by atoms with E-state index in [1.165, 1.54) is 36.8 Å². The van der Waals surface area contributed by atoms with Crippen LogP contribution in [0, 0.1) is 16.0 Å². The van der Waals surface area contributed by atoms with Gasteiger partial charge in [0.15, 0.2) is 16.3 Å². The number of aromatic nitrogens is 1. The number of carbonyl (C=O) groups excluding carboxylic acids is 2. The van der Waals surface area contributed by atoms with Crippen molar-refractivity contribution in [1.82, 2.24) is 4.57 Å². The zero-order chi connectivity index (χ0) is 32.4. The Kier molecular flexibility index (Phi) is 8.82. The number of fused-ring (bicyclic) bond motifs is 1. The molecule has 0 radical (unpaired) electrons. The van der Waals surface area contributed by atoms with Crippen LogP contribution in [0.5, 0.6) is 11.5 Å². The Hall–Kier alpha value is -5.30. The number of methoxy groups -OCH3 is 1. The normalized spacial score (nSPS) is 14.6. The van der Waals surface area contributed by atoms with Crippen LogP contribution in [0.3, 0.4) is 0 Å². The van der Waals surface area contributed by atoms with Crippen LogP contribution in [0.25, 0.3) is 17.4 Å². The summed E-state index contributed by atoms with van der Waals surface area (Å²) in [6, 6.07) is 13.2. The van der Waals surface area contributed by atoms with Gasteiger partial charge in [-0.05, 0) is 42.7 Å². The minimum Gasteiger partial charge on any atom is -0.493 e. The molecule has 1 aliphatic rings. The maximum atomic E-state index is 14.0. The van der Waals surface area contributed by atoms with Crippen LogP contribution in [-0.2, 0) is 14.3 Å². The number of furan rings is 1. The molecule has 0 spiro atoms. The molecule has 12 nitrogen and oxygen atoms in total. The number of benzene rings is 2. The molecule has 0 N–H and O–H groups in total. The third kappa shape index (κ3) is 6.48. The van der Waals surface area contributed by atoms with Gasteiger partial charge in [0, 0.05) is 30.7 Å². The third-order valence-electron chi connectivity index (χ3n) is 6.79. The molecule has 1 atom stereocenters. The van der Waals surface area contributed by atoms with Gasteiger partial charge in [0.1, 0.15) is 11.5 Å². The third-order valence-corrected chi connectivity index (χ3v) is 7.77. The lowest BCUT2D eigenvalue weighted by molar-refractivity contribution is -0.384. The Labute approximate surface area is 260 Å². The molecule has 45 heavy (non-hydrogen) atoms. The summed E-state index contributed by atoms with van der Waals surface area (Å²) < 4.78 is 23.9. The molecule has 0 aliphatic carbocycles. The van der Waals surface area contributed by atoms with Crippen LogP contribution < -0.4 is 24.4 Å². The first-order valence-electron chi connectivity index (χ1n) is 13.9. The highest BCUT2D eigenvalue weighted by Gasteiger charge is 2.34. The van der Waals surface area contributed by atoms with Crippen LogP contribution in [0.1, 0.15) is 45.1 Å². The molecule has 0 amide bonds. The van der Waals surface area contributed by atoms with Crippen LogP contribution >= 0.6 is 11.3 Å². The number of thiazole rings is 1. The fourth-order valence-electron chi connectivity index (χ4n) is 4.80. The van der Waals surface area contributed by atoms with Gasteiger partial charge < -0.3 is 18.6 Å². The van der Waals surface area contributed by atoms with E-state index in [0.29, 0.717) is 33.1 Å². The van der Waals surface area contributed by atoms with Crippen molar-refractivity contribution in [1.29, 1.82) is 0 Å². The van der Waals surface area contributed by atoms with Gasteiger partial charge in [0.25, 0.3) is 11.2 Å². The van der Waals surface area contributed by atoms with Crippen LogP contribution in [0.15, 0.2) is 80.1 Å². The minimum atomic E-state index is -0.930. The zero-order valence-corrected chi connectivity index (χ0v) is 25.9. The fraction of sp³-hybridized carbons (Fsp3) is 0.250. The molecule has 0 saturated carbocycles. The molecule has 2 aromatic heterocycles. The average molecular weight is 632 g/mol. The summed E-state index contributed by atoms with van der Waals surface area (Å²) in [5.74, 6) is 0.0911. The second-order valence-corrected chi connectivity index (χ2v) is 11.6. The Morgan fingerprint density at radius 1 is 1.16 bits per heavy atom. The first-order valence-corrected chi connectivity index (χ1v) is 14.7. The van der Waals surface area contributed by atoms with Gasteiger partial charge in [-0.25, -0.2) is 9.79 Å². The monoisotopic (exact) mass is 631 g/mol. The molecule has 0 saturated heterocycles. The molecule has 232 valence electrons. The number of nitrogens with zero attached hydrogens (tertiary/aromatic N) is 3. The maximum absolute atomic E-state index is 14.0. The van der Waals surface area contributed by atoms with Gasteiger partial charge in [-0.1, -0.05) is 43.4 Å². The minimum absolute atomic E-state index is 0.0747. The number of hydrogen-bond acceptors (Lipinski definition) is 11. The van der Waals surface area contributed by atoms with Crippen molar-refractivity contribution < 1.29 is 33.1 Å². The Bertz CT molecular complexity index is 2030. The van der Waals surface area contributed by atoms with Crippen LogP contribution in [-0.4, -0.2) is 35.1 Å². The van der Waals surface area contributed by atoms with Gasteiger partial charge in [-0.2, -0.15) is 0 Å². The first-order chi connectivity index (χ1) is 21.5. The van der Waals surface area contributed by atoms with Crippen molar-refractivity contribution in [3.8, 4) is 22.8 Å². The molecular weight excluding hydrogens is 602 g/mol. The number of non-ortho nitro benzene ring substituents is 1. The number of nitro groups is 1. The Balaban J connectivity index is 1.63. The van der Waals surface area contributed by atoms with Gasteiger partial charge >= 0.3 is 11.9 Å². The summed E-state index contributed by atoms with van der Waals surface area (Å²) in [4.78, 5) is 54.8. The van der Waals surface area contributed by atoms with Gasteiger partial charge in [0.05, 0.1) is 40.5 Å². The van der Waals surface area contributed by atoms with E-state index in [9.17, 15) is 24.5 Å². The summed E-state index contributed by atoms with van der Waals surface area (Å²) >= 11 is 1.12. The molecule has 0 bridgehead atoms. The topological polar surface area (TPSA) is 152 Å². The van der Waals surface area contributed by atoms with E-state index < -0.39 is 28.5 Å². The molecule has 5 rings (SSSR count). The maximum Gasteiger partial charge on any atom is 0.338 e. The van der Waals surface area contributed by atoms with E-state index in [1.807, 2.05) is 13.8 Å².